The van der Waals surface area contributed by atoms with E-state index in [1.54, 1.807) is 6.20 Å². The number of anilines is 2. The number of hydrogen-bond acceptors (Lipinski definition) is 7. The molecule has 190 valence electrons. The van der Waals surface area contributed by atoms with Crippen LogP contribution in [0.5, 0.6) is 0 Å². The molecule has 0 radical (unpaired) electrons. The zero-order chi connectivity index (χ0) is 25.0. The first-order valence-corrected chi connectivity index (χ1v) is 12.0. The van der Waals surface area contributed by atoms with Crippen molar-refractivity contribution in [3.05, 3.63) is 35.9 Å². The number of alkyl halides is 2. The molecule has 3 fully saturated rings. The second kappa shape index (κ2) is 8.80. The highest BCUT2D eigenvalue weighted by Gasteiger charge is 2.39. The summed E-state index contributed by atoms with van der Waals surface area (Å²) < 4.78 is 36.1. The first-order valence-electron chi connectivity index (χ1n) is 12.0. The van der Waals surface area contributed by atoms with E-state index in [4.69, 9.17) is 4.74 Å². The van der Waals surface area contributed by atoms with Gasteiger partial charge in [0.2, 0.25) is 0 Å². The van der Waals surface area contributed by atoms with Crippen LogP contribution >= 0.6 is 0 Å². The topological polar surface area (TPSA) is 127 Å². The van der Waals surface area contributed by atoms with Crippen LogP contribution in [0.25, 0.3) is 5.65 Å². The van der Waals surface area contributed by atoms with Gasteiger partial charge >= 0.3 is 5.97 Å². The Morgan fingerprint density at radius 2 is 2.00 bits per heavy atom. The van der Waals surface area contributed by atoms with Crippen molar-refractivity contribution in [3.8, 4) is 0 Å². The highest BCUT2D eigenvalue weighted by molar-refractivity contribution is 6.08. The number of nitrogens with one attached hydrogen (secondary N) is 1. The van der Waals surface area contributed by atoms with Gasteiger partial charge in [-0.15, -0.1) is 0 Å². The number of amides is 1. The lowest BCUT2D eigenvalue weighted by Crippen LogP contribution is -2.37. The summed E-state index contributed by atoms with van der Waals surface area (Å²) in [6.07, 6.45) is 4.64. The van der Waals surface area contributed by atoms with E-state index in [0.717, 1.165) is 13.0 Å². The molecule has 0 spiro atoms. The molecular weight excluding hydrogens is 476 g/mol. The normalized spacial score (nSPS) is 25.7. The molecule has 11 nitrogen and oxygen atoms in total. The standard InChI is InChI=1S/C23H25F2N7O4/c24-20(25)19-17(10-32(29-19)13-3-1-12(2-4-13)23(34)35)27-22(33)16-8-26-31-6-5-18(28-21(16)31)30-9-15-7-14(30)11-36-15/h5-6,8,10,12-15,20H,1-4,7,9,11H2,(H,27,33)(H,34,35)/t12?,13?,14?,15-/m1/s1. The lowest BCUT2D eigenvalue weighted by Gasteiger charge is -2.27. The van der Waals surface area contributed by atoms with Crippen molar-refractivity contribution in [1.29, 1.82) is 0 Å². The summed E-state index contributed by atoms with van der Waals surface area (Å²) in [5, 5.41) is 20.0. The number of hydrogen-bond donors (Lipinski definition) is 2. The molecule has 13 heteroatoms. The molecule has 0 aromatic carbocycles. The van der Waals surface area contributed by atoms with E-state index in [-0.39, 0.29) is 29.4 Å². The van der Waals surface area contributed by atoms with Gasteiger partial charge < -0.3 is 20.1 Å². The largest absolute Gasteiger partial charge is 0.481 e. The molecular formula is C23H25F2N7O4. The van der Waals surface area contributed by atoms with Crippen LogP contribution in [0.1, 0.15) is 60.6 Å². The number of carboxylic acids is 1. The summed E-state index contributed by atoms with van der Waals surface area (Å²) in [5.74, 6) is -1.17. The second-order valence-electron chi connectivity index (χ2n) is 9.62. The summed E-state index contributed by atoms with van der Waals surface area (Å²) in [7, 11) is 0. The van der Waals surface area contributed by atoms with E-state index in [0.29, 0.717) is 43.8 Å². The van der Waals surface area contributed by atoms with Crippen molar-refractivity contribution in [2.75, 3.05) is 23.4 Å². The zero-order valence-electron chi connectivity index (χ0n) is 19.3. The molecule has 2 aliphatic heterocycles. The van der Waals surface area contributed by atoms with Crippen molar-refractivity contribution in [2.24, 2.45) is 5.92 Å². The number of rotatable bonds is 6. The van der Waals surface area contributed by atoms with Crippen molar-refractivity contribution in [2.45, 2.75) is 56.7 Å². The molecule has 3 aliphatic rings. The molecule has 2 saturated heterocycles. The number of halogens is 2. The van der Waals surface area contributed by atoms with Crippen LogP contribution in [-0.4, -0.2) is 66.7 Å². The molecule has 1 saturated carbocycles. The van der Waals surface area contributed by atoms with Gasteiger partial charge in [0.05, 0.1) is 42.6 Å². The zero-order valence-corrected chi connectivity index (χ0v) is 19.3. The third-order valence-corrected chi connectivity index (χ3v) is 7.43. The summed E-state index contributed by atoms with van der Waals surface area (Å²) in [6, 6.07) is 1.88. The number of aliphatic carboxylic acids is 1. The molecule has 5 heterocycles. The van der Waals surface area contributed by atoms with Gasteiger partial charge in [0, 0.05) is 18.9 Å². The quantitative estimate of drug-likeness (QED) is 0.528. The molecule has 3 aromatic heterocycles. The SMILES string of the molecule is O=C(Nc1cn(C2CCC(C(=O)O)CC2)nc1C(F)F)c1cnn2ccc(N3C[C@H]4CC3CO4)nc12. The molecule has 1 aliphatic carbocycles. The van der Waals surface area contributed by atoms with Gasteiger partial charge in [-0.3, -0.25) is 14.3 Å². The molecule has 3 aromatic rings. The van der Waals surface area contributed by atoms with Crippen LogP contribution in [-0.2, 0) is 9.53 Å². The van der Waals surface area contributed by atoms with Crippen LogP contribution in [0.4, 0.5) is 20.3 Å². The summed E-state index contributed by atoms with van der Waals surface area (Å²) in [6.45, 7) is 1.37. The number of carbonyl (C=O) groups excluding carboxylic acids is 1. The number of carboxylic acid groups (broad SMARTS) is 1. The summed E-state index contributed by atoms with van der Waals surface area (Å²) in [5.41, 5.74) is -0.124. The maximum atomic E-state index is 13.8. The number of aromatic nitrogens is 5. The Bertz CT molecular complexity index is 1320. The third kappa shape index (κ3) is 3.96. The van der Waals surface area contributed by atoms with E-state index < -0.39 is 29.9 Å². The van der Waals surface area contributed by atoms with E-state index >= 15 is 0 Å². The average Bonchev–Trinajstić information content (AvgIpc) is 3.66. The van der Waals surface area contributed by atoms with Gasteiger partial charge in [0.15, 0.2) is 11.3 Å². The smallest absolute Gasteiger partial charge is 0.306 e. The van der Waals surface area contributed by atoms with E-state index in [1.165, 1.54) is 21.6 Å². The third-order valence-electron chi connectivity index (χ3n) is 7.43. The Labute approximate surface area is 204 Å². The predicted molar refractivity (Wildman–Crippen MR) is 122 cm³/mol. The van der Waals surface area contributed by atoms with Crippen molar-refractivity contribution >= 4 is 29.0 Å². The number of nitrogens with zero attached hydrogens (tertiary/aromatic N) is 6. The molecule has 1 unspecified atom stereocenters. The molecule has 2 bridgehead atoms. The predicted octanol–water partition coefficient (Wildman–Crippen LogP) is 2.91. The first-order chi connectivity index (χ1) is 17.4. The Morgan fingerprint density at radius 1 is 1.19 bits per heavy atom. The van der Waals surface area contributed by atoms with Crippen LogP contribution in [0, 0.1) is 5.92 Å². The Morgan fingerprint density at radius 3 is 2.67 bits per heavy atom. The van der Waals surface area contributed by atoms with Crippen LogP contribution in [0.15, 0.2) is 24.7 Å². The maximum absolute atomic E-state index is 13.8. The highest BCUT2D eigenvalue weighted by Crippen LogP contribution is 2.35. The number of morpholine rings is 1. The lowest BCUT2D eigenvalue weighted by atomic mass is 9.86. The van der Waals surface area contributed by atoms with Gasteiger partial charge in [-0.05, 0) is 38.2 Å². The maximum Gasteiger partial charge on any atom is 0.306 e. The van der Waals surface area contributed by atoms with Gasteiger partial charge in [-0.1, -0.05) is 0 Å². The Balaban J connectivity index is 1.23. The van der Waals surface area contributed by atoms with Crippen molar-refractivity contribution in [3.63, 3.8) is 0 Å². The molecule has 1 amide bonds. The van der Waals surface area contributed by atoms with Crippen molar-refractivity contribution in [1.82, 2.24) is 24.4 Å². The van der Waals surface area contributed by atoms with E-state index in [9.17, 15) is 23.5 Å². The average molecular weight is 501 g/mol. The number of ether oxygens (including phenoxy) is 1. The van der Waals surface area contributed by atoms with Gasteiger partial charge in [-0.2, -0.15) is 10.2 Å². The lowest BCUT2D eigenvalue weighted by molar-refractivity contribution is -0.143. The number of fused-ring (bicyclic) bond motifs is 3. The van der Waals surface area contributed by atoms with Crippen molar-refractivity contribution < 1.29 is 28.2 Å². The van der Waals surface area contributed by atoms with Gasteiger partial charge in [-0.25, -0.2) is 18.3 Å². The van der Waals surface area contributed by atoms with Crippen LogP contribution < -0.4 is 10.2 Å². The number of carbonyl (C=O) groups is 2. The summed E-state index contributed by atoms with van der Waals surface area (Å²) >= 11 is 0. The first kappa shape index (κ1) is 22.8. The monoisotopic (exact) mass is 501 g/mol. The summed E-state index contributed by atoms with van der Waals surface area (Å²) in [4.78, 5) is 31.2. The molecule has 2 atom stereocenters. The minimum Gasteiger partial charge on any atom is -0.481 e. The fourth-order valence-electron chi connectivity index (χ4n) is 5.49. The molecule has 36 heavy (non-hydrogen) atoms. The second-order valence-corrected chi connectivity index (χ2v) is 9.62. The highest BCUT2D eigenvalue weighted by atomic mass is 19.3. The van der Waals surface area contributed by atoms with Gasteiger partial charge in [0.25, 0.3) is 12.3 Å². The minimum absolute atomic E-state index is 0.0835. The van der Waals surface area contributed by atoms with Gasteiger partial charge in [0.1, 0.15) is 11.4 Å². The Kier molecular flexibility index (Phi) is 5.58. The Hall–Kier alpha value is -3.61. The fourth-order valence-corrected chi connectivity index (χ4v) is 5.49. The van der Waals surface area contributed by atoms with E-state index in [1.807, 2.05) is 6.07 Å². The fraction of sp³-hybridized carbons (Fsp3) is 0.522. The van der Waals surface area contributed by atoms with Crippen LogP contribution in [0.2, 0.25) is 0 Å². The van der Waals surface area contributed by atoms with Crippen LogP contribution in [0.3, 0.4) is 0 Å². The molecule has 2 N–H and O–H groups in total. The minimum atomic E-state index is -2.89. The molecule has 6 rings (SSSR count). The van der Waals surface area contributed by atoms with E-state index in [2.05, 4.69) is 25.4 Å².